The number of carboxylic acids is 1. The largest absolute Gasteiger partial charge is 0.481 e. The molecule has 0 spiro atoms. The maximum Gasteiger partial charge on any atom is 0.317 e. The molecule has 0 bridgehead atoms. The Morgan fingerprint density at radius 3 is 2.26 bits per heavy atom. The van der Waals surface area contributed by atoms with Gasteiger partial charge in [-0.15, -0.1) is 0 Å². The second-order valence-corrected chi connectivity index (χ2v) is 4.93. The molecule has 112 valence electrons. The fourth-order valence-corrected chi connectivity index (χ4v) is 1.79. The third kappa shape index (κ3) is 6.45. The number of hydrogen-bond donors (Lipinski definition) is 2. The summed E-state index contributed by atoms with van der Waals surface area (Å²) in [6.45, 7) is 8.89. The van der Waals surface area contributed by atoms with Gasteiger partial charge in [0.15, 0.2) is 0 Å². The predicted molar refractivity (Wildman–Crippen MR) is 76.2 cm³/mol. The van der Waals surface area contributed by atoms with Crippen LogP contribution in [0.15, 0.2) is 0 Å². The van der Waals surface area contributed by atoms with Gasteiger partial charge in [0, 0.05) is 19.1 Å². The molecule has 0 saturated heterocycles. The Labute approximate surface area is 116 Å². The van der Waals surface area contributed by atoms with Crippen LogP contribution in [-0.4, -0.2) is 41.1 Å². The Hall–Kier alpha value is -1.26. The van der Waals surface area contributed by atoms with Crippen LogP contribution >= 0.6 is 0 Å². The van der Waals surface area contributed by atoms with Crippen LogP contribution in [0.2, 0.25) is 0 Å². The summed E-state index contributed by atoms with van der Waals surface area (Å²) in [7, 11) is 0. The molecule has 2 unspecified atom stereocenters. The van der Waals surface area contributed by atoms with Crippen molar-refractivity contribution >= 4 is 12.0 Å². The van der Waals surface area contributed by atoms with Crippen LogP contribution < -0.4 is 5.32 Å². The highest BCUT2D eigenvalue weighted by molar-refractivity contribution is 5.76. The smallest absolute Gasteiger partial charge is 0.317 e. The van der Waals surface area contributed by atoms with Crippen molar-refractivity contribution in [1.29, 1.82) is 0 Å². The summed E-state index contributed by atoms with van der Waals surface area (Å²) in [6, 6.07) is 0.0268. The first kappa shape index (κ1) is 17.7. The number of amides is 2. The van der Waals surface area contributed by atoms with E-state index in [1.807, 2.05) is 20.8 Å². The predicted octanol–water partition coefficient (Wildman–Crippen LogP) is 2.71. The van der Waals surface area contributed by atoms with Gasteiger partial charge in [0.2, 0.25) is 0 Å². The second-order valence-electron chi connectivity index (χ2n) is 4.93. The van der Waals surface area contributed by atoms with Gasteiger partial charge in [0.1, 0.15) is 0 Å². The lowest BCUT2D eigenvalue weighted by molar-refractivity contribution is -0.141. The standard InChI is InChI=1S/C14H28N2O3/c1-5-8-9-16(11(4)6-2)14(19)15-10-12(7-3)13(17)18/h11-12H,5-10H2,1-4H3,(H,15,19)(H,17,18). The minimum Gasteiger partial charge on any atom is -0.481 e. The van der Waals surface area contributed by atoms with E-state index in [1.54, 1.807) is 4.90 Å². The third-order valence-corrected chi connectivity index (χ3v) is 3.48. The minimum absolute atomic E-state index is 0.150. The maximum absolute atomic E-state index is 12.1. The number of nitrogens with one attached hydrogen (secondary N) is 1. The number of aliphatic carboxylic acids is 1. The average molecular weight is 272 g/mol. The van der Waals surface area contributed by atoms with Crippen LogP contribution in [0.3, 0.4) is 0 Å². The van der Waals surface area contributed by atoms with Crippen LogP contribution in [0.4, 0.5) is 4.79 Å². The van der Waals surface area contributed by atoms with E-state index in [-0.39, 0.29) is 18.6 Å². The van der Waals surface area contributed by atoms with Crippen LogP contribution in [0.1, 0.15) is 53.4 Å². The van der Waals surface area contributed by atoms with Gasteiger partial charge in [-0.1, -0.05) is 27.2 Å². The molecule has 2 atom stereocenters. The fourth-order valence-electron chi connectivity index (χ4n) is 1.79. The van der Waals surface area contributed by atoms with Crippen LogP contribution in [0, 0.1) is 5.92 Å². The molecule has 0 aromatic carbocycles. The highest BCUT2D eigenvalue weighted by Gasteiger charge is 2.21. The summed E-state index contributed by atoms with van der Waals surface area (Å²) in [5, 5.41) is 11.7. The number of urea groups is 1. The lowest BCUT2D eigenvalue weighted by Gasteiger charge is -2.29. The minimum atomic E-state index is -0.855. The van der Waals surface area contributed by atoms with Crippen molar-refractivity contribution < 1.29 is 14.7 Å². The maximum atomic E-state index is 12.1. The monoisotopic (exact) mass is 272 g/mol. The fraction of sp³-hybridized carbons (Fsp3) is 0.857. The lowest BCUT2D eigenvalue weighted by atomic mass is 10.1. The SMILES string of the molecule is CCCCN(C(=O)NCC(CC)C(=O)O)C(C)CC. The zero-order valence-electron chi connectivity index (χ0n) is 12.6. The molecule has 0 saturated carbocycles. The van der Waals surface area contributed by atoms with Crippen LogP contribution in [0.5, 0.6) is 0 Å². The quantitative estimate of drug-likeness (QED) is 0.678. The van der Waals surface area contributed by atoms with E-state index >= 15 is 0 Å². The molecule has 0 aliphatic rings. The van der Waals surface area contributed by atoms with Crippen LogP contribution in [-0.2, 0) is 4.79 Å². The average Bonchev–Trinajstić information content (AvgIpc) is 2.39. The Morgan fingerprint density at radius 1 is 1.21 bits per heavy atom. The molecule has 5 nitrogen and oxygen atoms in total. The molecule has 0 aromatic rings. The number of unbranched alkanes of at least 4 members (excludes halogenated alkanes) is 1. The molecular formula is C14H28N2O3. The molecular weight excluding hydrogens is 244 g/mol. The van der Waals surface area contributed by atoms with Gasteiger partial charge in [0.25, 0.3) is 0 Å². The Balaban J connectivity index is 4.42. The molecule has 0 fully saturated rings. The van der Waals surface area contributed by atoms with E-state index in [9.17, 15) is 9.59 Å². The van der Waals surface area contributed by atoms with Crippen molar-refractivity contribution in [1.82, 2.24) is 10.2 Å². The first-order valence-electron chi connectivity index (χ1n) is 7.25. The van der Waals surface area contributed by atoms with Crippen molar-refractivity contribution in [3.05, 3.63) is 0 Å². The summed E-state index contributed by atoms with van der Waals surface area (Å²) in [5.74, 6) is -1.36. The van der Waals surface area contributed by atoms with Crippen molar-refractivity contribution in [3.8, 4) is 0 Å². The van der Waals surface area contributed by atoms with Crippen LogP contribution in [0.25, 0.3) is 0 Å². The number of carbonyl (C=O) groups is 2. The molecule has 2 N–H and O–H groups in total. The van der Waals surface area contributed by atoms with E-state index < -0.39 is 11.9 Å². The molecule has 0 aromatic heterocycles. The molecule has 0 heterocycles. The molecule has 0 aliphatic heterocycles. The van der Waals surface area contributed by atoms with E-state index in [0.717, 1.165) is 25.8 Å². The van der Waals surface area contributed by atoms with E-state index in [0.29, 0.717) is 6.42 Å². The molecule has 0 aliphatic carbocycles. The molecule has 0 rings (SSSR count). The van der Waals surface area contributed by atoms with Gasteiger partial charge in [-0.25, -0.2) is 4.79 Å². The van der Waals surface area contributed by atoms with E-state index in [2.05, 4.69) is 12.2 Å². The van der Waals surface area contributed by atoms with Gasteiger partial charge >= 0.3 is 12.0 Å². The summed E-state index contributed by atoms with van der Waals surface area (Å²) in [4.78, 5) is 24.8. The summed E-state index contributed by atoms with van der Waals surface area (Å²) in [6.07, 6.45) is 3.42. The number of hydrogen-bond acceptors (Lipinski definition) is 2. The van der Waals surface area contributed by atoms with Gasteiger partial charge < -0.3 is 15.3 Å². The highest BCUT2D eigenvalue weighted by atomic mass is 16.4. The van der Waals surface area contributed by atoms with Gasteiger partial charge in [-0.3, -0.25) is 4.79 Å². The second kappa shape index (κ2) is 9.64. The first-order chi connectivity index (χ1) is 8.97. The van der Waals surface area contributed by atoms with Crippen molar-refractivity contribution in [2.24, 2.45) is 5.92 Å². The topological polar surface area (TPSA) is 69.6 Å². The highest BCUT2D eigenvalue weighted by Crippen LogP contribution is 2.07. The number of carboxylic acid groups (broad SMARTS) is 1. The summed E-state index contributed by atoms with van der Waals surface area (Å²) < 4.78 is 0. The molecule has 0 radical (unpaired) electrons. The third-order valence-electron chi connectivity index (χ3n) is 3.48. The Kier molecular flexibility index (Phi) is 9.00. The Bertz CT molecular complexity index is 282. The first-order valence-corrected chi connectivity index (χ1v) is 7.25. The normalized spacial score (nSPS) is 13.7. The number of rotatable bonds is 9. The lowest BCUT2D eigenvalue weighted by Crippen LogP contribution is -2.47. The summed E-state index contributed by atoms with van der Waals surface area (Å²) >= 11 is 0. The van der Waals surface area contributed by atoms with Crippen molar-refractivity contribution in [3.63, 3.8) is 0 Å². The number of nitrogens with zero attached hydrogens (tertiary/aromatic N) is 1. The molecule has 5 heteroatoms. The zero-order chi connectivity index (χ0) is 14.8. The van der Waals surface area contributed by atoms with Crippen molar-refractivity contribution in [2.45, 2.75) is 59.4 Å². The Morgan fingerprint density at radius 2 is 1.84 bits per heavy atom. The number of carbonyl (C=O) groups excluding carboxylic acids is 1. The van der Waals surface area contributed by atoms with Gasteiger partial charge in [-0.05, 0) is 26.2 Å². The van der Waals surface area contributed by atoms with Gasteiger partial charge in [0.05, 0.1) is 5.92 Å². The van der Waals surface area contributed by atoms with Gasteiger partial charge in [-0.2, -0.15) is 0 Å². The molecule has 19 heavy (non-hydrogen) atoms. The zero-order valence-corrected chi connectivity index (χ0v) is 12.6. The van der Waals surface area contributed by atoms with E-state index in [1.165, 1.54) is 0 Å². The van der Waals surface area contributed by atoms with Crippen molar-refractivity contribution in [2.75, 3.05) is 13.1 Å². The van der Waals surface area contributed by atoms with E-state index in [4.69, 9.17) is 5.11 Å². The molecule has 2 amide bonds. The summed E-state index contributed by atoms with van der Waals surface area (Å²) in [5.41, 5.74) is 0.